The third kappa shape index (κ3) is 4.81. The van der Waals surface area contributed by atoms with Crippen molar-refractivity contribution in [3.63, 3.8) is 0 Å². The van der Waals surface area contributed by atoms with Gasteiger partial charge in [-0.1, -0.05) is 17.7 Å². The van der Waals surface area contributed by atoms with Crippen molar-refractivity contribution in [3.05, 3.63) is 65.4 Å². The van der Waals surface area contributed by atoms with Crippen LogP contribution in [0.4, 0.5) is 11.5 Å². The third-order valence-corrected chi connectivity index (χ3v) is 5.33. The monoisotopic (exact) mass is 429 g/mol. The van der Waals surface area contributed by atoms with Crippen molar-refractivity contribution in [3.8, 4) is 0 Å². The number of H-pyrrole nitrogens is 1. The first kappa shape index (κ1) is 21.0. The van der Waals surface area contributed by atoms with Crippen LogP contribution >= 0.6 is 0 Å². The number of sulfonamides is 1. The summed E-state index contributed by atoms with van der Waals surface area (Å²) in [4.78, 5) is 24.2. The van der Waals surface area contributed by atoms with Gasteiger partial charge in [0.1, 0.15) is 0 Å². The summed E-state index contributed by atoms with van der Waals surface area (Å²) < 4.78 is 32.2. The van der Waals surface area contributed by atoms with E-state index in [1.165, 1.54) is 36.4 Å². The lowest BCUT2D eigenvalue weighted by Crippen LogP contribution is -2.19. The van der Waals surface area contributed by atoms with Crippen LogP contribution in [0.1, 0.15) is 33.3 Å². The van der Waals surface area contributed by atoms with Crippen molar-refractivity contribution in [2.75, 3.05) is 16.6 Å². The van der Waals surface area contributed by atoms with Crippen LogP contribution in [0.25, 0.3) is 0 Å². The van der Waals surface area contributed by atoms with Crippen LogP contribution < -0.4 is 10.0 Å². The van der Waals surface area contributed by atoms with Crippen LogP contribution in [0.3, 0.4) is 0 Å². The SMILES string of the molecule is CCOC(=O)c1ccc(NC(=O)c2n[nH]nc2NS(=O)(=O)c2ccc(C)cc2)cc1. The molecule has 11 heteroatoms. The lowest BCUT2D eigenvalue weighted by Gasteiger charge is -2.08. The Morgan fingerprint density at radius 1 is 1.03 bits per heavy atom. The molecule has 0 fully saturated rings. The van der Waals surface area contributed by atoms with E-state index in [2.05, 4.69) is 25.4 Å². The fourth-order valence-corrected chi connectivity index (χ4v) is 3.47. The molecule has 2 aromatic carbocycles. The summed E-state index contributed by atoms with van der Waals surface area (Å²) in [5.41, 5.74) is 1.39. The number of aryl methyl sites for hydroxylation is 1. The van der Waals surface area contributed by atoms with E-state index in [1.54, 1.807) is 19.1 Å². The van der Waals surface area contributed by atoms with Crippen molar-refractivity contribution >= 4 is 33.4 Å². The molecule has 1 amide bonds. The summed E-state index contributed by atoms with van der Waals surface area (Å²) in [6.07, 6.45) is 0. The molecule has 30 heavy (non-hydrogen) atoms. The second-order valence-electron chi connectivity index (χ2n) is 6.19. The van der Waals surface area contributed by atoms with Crippen molar-refractivity contribution in [1.82, 2.24) is 15.4 Å². The number of rotatable bonds is 7. The Labute approximate surface area is 172 Å². The van der Waals surface area contributed by atoms with Gasteiger partial charge in [-0.2, -0.15) is 5.21 Å². The Morgan fingerprint density at radius 2 is 1.70 bits per heavy atom. The Kier molecular flexibility index (Phi) is 6.11. The van der Waals surface area contributed by atoms with Crippen molar-refractivity contribution in [2.45, 2.75) is 18.7 Å². The summed E-state index contributed by atoms with van der Waals surface area (Å²) in [6.45, 7) is 3.79. The standard InChI is InChI=1S/C19H19N5O5S/c1-3-29-19(26)13-6-8-14(9-7-13)20-18(25)16-17(22-24-21-16)23-30(27,28)15-10-4-12(2)5-11-15/h4-11H,3H2,1-2H3,(H,20,25)(H2,21,22,23,24). The molecule has 0 saturated heterocycles. The zero-order valence-corrected chi connectivity index (χ0v) is 17.0. The molecule has 0 aliphatic carbocycles. The Morgan fingerprint density at radius 3 is 2.33 bits per heavy atom. The van der Waals surface area contributed by atoms with E-state index in [0.717, 1.165) is 5.56 Å². The highest BCUT2D eigenvalue weighted by molar-refractivity contribution is 7.92. The number of carbonyl (C=O) groups is 2. The number of hydrogen-bond acceptors (Lipinski definition) is 7. The maximum atomic E-state index is 12.5. The number of hydrogen-bond donors (Lipinski definition) is 3. The number of nitrogens with zero attached hydrogens (tertiary/aromatic N) is 2. The Balaban J connectivity index is 1.73. The molecule has 0 radical (unpaired) electrons. The minimum Gasteiger partial charge on any atom is -0.462 e. The maximum absolute atomic E-state index is 12.5. The summed E-state index contributed by atoms with van der Waals surface area (Å²) >= 11 is 0. The van der Waals surface area contributed by atoms with Gasteiger partial charge in [0.15, 0.2) is 11.5 Å². The maximum Gasteiger partial charge on any atom is 0.338 e. The lowest BCUT2D eigenvalue weighted by molar-refractivity contribution is 0.0526. The van der Waals surface area contributed by atoms with Crippen LogP contribution in [0.5, 0.6) is 0 Å². The van der Waals surface area contributed by atoms with Crippen molar-refractivity contribution in [1.29, 1.82) is 0 Å². The molecule has 1 heterocycles. The number of amides is 1. The number of anilines is 2. The van der Waals surface area contributed by atoms with Gasteiger partial charge in [0.05, 0.1) is 17.1 Å². The zero-order valence-electron chi connectivity index (χ0n) is 16.2. The molecule has 0 atom stereocenters. The van der Waals surface area contributed by atoms with Gasteiger partial charge in [0.25, 0.3) is 15.9 Å². The molecule has 3 rings (SSSR count). The van der Waals surface area contributed by atoms with E-state index in [4.69, 9.17) is 4.74 Å². The second-order valence-corrected chi connectivity index (χ2v) is 7.87. The highest BCUT2D eigenvalue weighted by atomic mass is 32.2. The predicted molar refractivity (Wildman–Crippen MR) is 109 cm³/mol. The van der Waals surface area contributed by atoms with Crippen LogP contribution in [0, 0.1) is 6.92 Å². The first-order valence-electron chi connectivity index (χ1n) is 8.89. The molecule has 1 aromatic heterocycles. The van der Waals surface area contributed by atoms with Crippen molar-refractivity contribution in [2.24, 2.45) is 0 Å². The molecule has 3 N–H and O–H groups in total. The first-order valence-corrected chi connectivity index (χ1v) is 10.4. The van der Waals surface area contributed by atoms with E-state index in [0.29, 0.717) is 11.3 Å². The lowest BCUT2D eigenvalue weighted by atomic mass is 10.2. The van der Waals surface area contributed by atoms with Gasteiger partial charge in [0.2, 0.25) is 0 Å². The average molecular weight is 429 g/mol. The Bertz CT molecular complexity index is 1150. The van der Waals surface area contributed by atoms with Gasteiger partial charge in [-0.25, -0.2) is 13.2 Å². The molecule has 0 unspecified atom stereocenters. The largest absolute Gasteiger partial charge is 0.462 e. The van der Waals surface area contributed by atoms with Crippen LogP contribution in [0.15, 0.2) is 53.4 Å². The summed E-state index contributed by atoms with van der Waals surface area (Å²) in [5, 5.41) is 12.2. The van der Waals surface area contributed by atoms with Gasteiger partial charge in [0, 0.05) is 5.69 Å². The van der Waals surface area contributed by atoms with Crippen molar-refractivity contribution < 1.29 is 22.7 Å². The quantitative estimate of drug-likeness (QED) is 0.489. The van der Waals surface area contributed by atoms with E-state index in [-0.39, 0.29) is 23.0 Å². The average Bonchev–Trinajstić information content (AvgIpc) is 3.16. The smallest absolute Gasteiger partial charge is 0.338 e. The number of aromatic nitrogens is 3. The number of esters is 1. The zero-order chi connectivity index (χ0) is 21.7. The molecule has 3 aromatic rings. The number of aromatic amines is 1. The van der Waals surface area contributed by atoms with Crippen LogP contribution in [-0.4, -0.2) is 42.3 Å². The van der Waals surface area contributed by atoms with E-state index < -0.39 is 21.9 Å². The number of nitrogens with one attached hydrogen (secondary N) is 3. The van der Waals surface area contributed by atoms with Gasteiger partial charge < -0.3 is 10.1 Å². The second kappa shape index (κ2) is 8.74. The van der Waals surface area contributed by atoms with Gasteiger partial charge in [-0.05, 0) is 50.2 Å². The van der Waals surface area contributed by atoms with Gasteiger partial charge >= 0.3 is 5.97 Å². The van der Waals surface area contributed by atoms with E-state index in [1.807, 2.05) is 6.92 Å². The molecular formula is C19H19N5O5S. The normalized spacial score (nSPS) is 11.0. The fourth-order valence-electron chi connectivity index (χ4n) is 2.46. The molecule has 10 nitrogen and oxygen atoms in total. The van der Waals surface area contributed by atoms with Gasteiger partial charge in [-0.15, -0.1) is 10.2 Å². The summed E-state index contributed by atoms with van der Waals surface area (Å²) in [5.74, 6) is -1.40. The molecule has 0 aliphatic heterocycles. The molecule has 0 aliphatic rings. The molecule has 0 spiro atoms. The molecule has 156 valence electrons. The van der Waals surface area contributed by atoms with E-state index >= 15 is 0 Å². The molecule has 0 bridgehead atoms. The van der Waals surface area contributed by atoms with Crippen LogP contribution in [-0.2, 0) is 14.8 Å². The summed E-state index contributed by atoms with van der Waals surface area (Å²) in [6, 6.07) is 12.2. The highest BCUT2D eigenvalue weighted by Crippen LogP contribution is 2.18. The Hall–Kier alpha value is -3.73. The van der Waals surface area contributed by atoms with Gasteiger partial charge in [-0.3, -0.25) is 9.52 Å². The number of benzene rings is 2. The topological polar surface area (TPSA) is 143 Å². The van der Waals surface area contributed by atoms with Crippen LogP contribution in [0.2, 0.25) is 0 Å². The minimum atomic E-state index is -3.95. The summed E-state index contributed by atoms with van der Waals surface area (Å²) in [7, 11) is -3.95. The minimum absolute atomic E-state index is 0.0250. The predicted octanol–water partition coefficient (Wildman–Crippen LogP) is 2.34. The third-order valence-electron chi connectivity index (χ3n) is 3.98. The molecular weight excluding hydrogens is 410 g/mol. The fraction of sp³-hybridized carbons (Fsp3) is 0.158. The highest BCUT2D eigenvalue weighted by Gasteiger charge is 2.22. The number of ether oxygens (including phenoxy) is 1. The van der Waals surface area contributed by atoms with E-state index in [9.17, 15) is 18.0 Å². The first-order chi connectivity index (χ1) is 14.3. The number of carbonyl (C=O) groups excluding carboxylic acids is 2. The molecule has 0 saturated carbocycles.